The quantitative estimate of drug-likeness (QED) is 0.709. The topological polar surface area (TPSA) is 61.4 Å². The van der Waals surface area contributed by atoms with Crippen molar-refractivity contribution in [2.45, 2.75) is 44.2 Å². The van der Waals surface area contributed by atoms with Crippen LogP contribution in [-0.4, -0.2) is 42.4 Å². The zero-order chi connectivity index (χ0) is 20.8. The molecule has 2 aromatic rings. The standard InChI is InChI=1S/C25H31N3O2/c29-23(15-18-28-16-13-21(14-17-28)25(30)26-22-11-12-22)27-24(19-7-3-1-4-8-19)20-9-5-2-6-10-20/h1-10,21-22,24H,11-18H2,(H,26,30)(H,27,29). The van der Waals surface area contributed by atoms with Gasteiger partial charge in [-0.15, -0.1) is 0 Å². The lowest BCUT2D eigenvalue weighted by atomic mass is 9.95. The zero-order valence-electron chi connectivity index (χ0n) is 17.4. The van der Waals surface area contributed by atoms with Crippen LogP contribution in [0.2, 0.25) is 0 Å². The van der Waals surface area contributed by atoms with Gasteiger partial charge in [0, 0.05) is 24.9 Å². The third kappa shape index (κ3) is 5.70. The Labute approximate surface area is 178 Å². The summed E-state index contributed by atoms with van der Waals surface area (Å²) in [6.45, 7) is 2.51. The van der Waals surface area contributed by atoms with Gasteiger partial charge in [-0.2, -0.15) is 0 Å². The summed E-state index contributed by atoms with van der Waals surface area (Å²) in [6.07, 6.45) is 4.50. The lowest BCUT2D eigenvalue weighted by molar-refractivity contribution is -0.127. The summed E-state index contributed by atoms with van der Waals surface area (Å²) >= 11 is 0. The number of hydrogen-bond donors (Lipinski definition) is 2. The minimum Gasteiger partial charge on any atom is -0.353 e. The molecule has 1 heterocycles. The van der Waals surface area contributed by atoms with Crippen LogP contribution in [0.5, 0.6) is 0 Å². The second-order valence-corrected chi connectivity index (χ2v) is 8.47. The lowest BCUT2D eigenvalue weighted by Gasteiger charge is -2.31. The van der Waals surface area contributed by atoms with Crippen molar-refractivity contribution in [2.75, 3.05) is 19.6 Å². The van der Waals surface area contributed by atoms with E-state index in [0.29, 0.717) is 12.5 Å². The van der Waals surface area contributed by atoms with Gasteiger partial charge in [-0.25, -0.2) is 0 Å². The molecule has 4 rings (SSSR count). The van der Waals surface area contributed by atoms with Crippen molar-refractivity contribution in [3.05, 3.63) is 71.8 Å². The van der Waals surface area contributed by atoms with Gasteiger partial charge >= 0.3 is 0 Å². The van der Waals surface area contributed by atoms with Crippen LogP contribution >= 0.6 is 0 Å². The number of amides is 2. The van der Waals surface area contributed by atoms with E-state index < -0.39 is 0 Å². The van der Waals surface area contributed by atoms with Crippen LogP contribution in [0, 0.1) is 5.92 Å². The van der Waals surface area contributed by atoms with Gasteiger partial charge in [0.05, 0.1) is 6.04 Å². The molecule has 2 aromatic carbocycles. The van der Waals surface area contributed by atoms with Crippen molar-refractivity contribution < 1.29 is 9.59 Å². The number of hydrogen-bond acceptors (Lipinski definition) is 3. The summed E-state index contributed by atoms with van der Waals surface area (Å²) in [4.78, 5) is 27.3. The molecule has 1 aliphatic carbocycles. The van der Waals surface area contributed by atoms with Gasteiger partial charge in [-0.05, 0) is 49.9 Å². The number of likely N-dealkylation sites (tertiary alicyclic amines) is 1. The number of benzene rings is 2. The van der Waals surface area contributed by atoms with E-state index in [1.54, 1.807) is 0 Å². The largest absolute Gasteiger partial charge is 0.353 e. The van der Waals surface area contributed by atoms with Crippen molar-refractivity contribution in [1.82, 2.24) is 15.5 Å². The number of nitrogens with one attached hydrogen (secondary N) is 2. The molecule has 2 aliphatic rings. The van der Waals surface area contributed by atoms with E-state index in [4.69, 9.17) is 0 Å². The normalized spacial score (nSPS) is 17.6. The number of carbonyl (C=O) groups excluding carboxylic acids is 2. The second kappa shape index (κ2) is 9.90. The molecule has 1 saturated heterocycles. The molecule has 5 heteroatoms. The molecule has 0 bridgehead atoms. The van der Waals surface area contributed by atoms with E-state index in [-0.39, 0.29) is 23.8 Å². The molecule has 0 spiro atoms. The minimum atomic E-state index is -0.142. The number of rotatable bonds is 8. The Kier molecular flexibility index (Phi) is 6.80. The Hall–Kier alpha value is -2.66. The number of carbonyl (C=O) groups is 2. The highest BCUT2D eigenvalue weighted by Gasteiger charge is 2.30. The molecule has 2 N–H and O–H groups in total. The summed E-state index contributed by atoms with van der Waals surface area (Å²) in [6, 6.07) is 20.5. The van der Waals surface area contributed by atoms with E-state index in [2.05, 4.69) is 39.8 Å². The van der Waals surface area contributed by atoms with Crippen LogP contribution in [-0.2, 0) is 9.59 Å². The molecule has 0 unspecified atom stereocenters. The van der Waals surface area contributed by atoms with Gasteiger partial charge in [0.15, 0.2) is 0 Å². The summed E-state index contributed by atoms with van der Waals surface area (Å²) in [5, 5.41) is 6.33. The van der Waals surface area contributed by atoms with Crippen LogP contribution in [0.15, 0.2) is 60.7 Å². The number of piperidine rings is 1. The van der Waals surface area contributed by atoms with Gasteiger partial charge in [0.25, 0.3) is 0 Å². The monoisotopic (exact) mass is 405 g/mol. The Balaban J connectivity index is 1.26. The fourth-order valence-electron chi connectivity index (χ4n) is 4.11. The Morgan fingerprint density at radius 1 is 0.867 bits per heavy atom. The fourth-order valence-corrected chi connectivity index (χ4v) is 4.11. The van der Waals surface area contributed by atoms with Crippen molar-refractivity contribution in [3.8, 4) is 0 Å². The van der Waals surface area contributed by atoms with Crippen molar-refractivity contribution in [1.29, 1.82) is 0 Å². The molecule has 0 atom stereocenters. The van der Waals surface area contributed by atoms with Crippen LogP contribution < -0.4 is 10.6 Å². The average Bonchev–Trinajstić information content (AvgIpc) is 3.61. The van der Waals surface area contributed by atoms with Gasteiger partial charge in [-0.3, -0.25) is 9.59 Å². The summed E-state index contributed by atoms with van der Waals surface area (Å²) in [5.41, 5.74) is 2.17. The average molecular weight is 406 g/mol. The van der Waals surface area contributed by atoms with E-state index in [0.717, 1.165) is 56.4 Å². The molecule has 1 aliphatic heterocycles. The van der Waals surface area contributed by atoms with E-state index >= 15 is 0 Å². The van der Waals surface area contributed by atoms with Crippen LogP contribution in [0.4, 0.5) is 0 Å². The molecule has 2 fully saturated rings. The third-order valence-electron chi connectivity index (χ3n) is 6.11. The minimum absolute atomic E-state index is 0.0568. The Morgan fingerprint density at radius 2 is 1.43 bits per heavy atom. The molecule has 0 aromatic heterocycles. The third-order valence-corrected chi connectivity index (χ3v) is 6.11. The van der Waals surface area contributed by atoms with E-state index in [9.17, 15) is 9.59 Å². The van der Waals surface area contributed by atoms with Crippen molar-refractivity contribution in [2.24, 2.45) is 5.92 Å². The Morgan fingerprint density at radius 3 is 1.97 bits per heavy atom. The summed E-state index contributed by atoms with van der Waals surface area (Å²) in [7, 11) is 0. The molecule has 5 nitrogen and oxygen atoms in total. The van der Waals surface area contributed by atoms with Gasteiger partial charge in [0.2, 0.25) is 11.8 Å². The van der Waals surface area contributed by atoms with Crippen molar-refractivity contribution in [3.63, 3.8) is 0 Å². The molecule has 1 saturated carbocycles. The first-order valence-corrected chi connectivity index (χ1v) is 11.1. The highest BCUT2D eigenvalue weighted by atomic mass is 16.2. The SMILES string of the molecule is O=C(CCN1CCC(C(=O)NC2CC2)CC1)NC(c1ccccc1)c1ccccc1. The Bertz CT molecular complexity index is 788. The molecular formula is C25H31N3O2. The van der Waals surface area contributed by atoms with Gasteiger partial charge in [0.1, 0.15) is 0 Å². The van der Waals surface area contributed by atoms with E-state index in [1.165, 1.54) is 0 Å². The highest BCUT2D eigenvalue weighted by molar-refractivity contribution is 5.79. The van der Waals surface area contributed by atoms with Gasteiger partial charge in [-0.1, -0.05) is 60.7 Å². The first-order valence-electron chi connectivity index (χ1n) is 11.1. The predicted octanol–water partition coefficient (Wildman–Crippen LogP) is 3.27. The van der Waals surface area contributed by atoms with Gasteiger partial charge < -0.3 is 15.5 Å². The maximum absolute atomic E-state index is 12.7. The first-order chi connectivity index (χ1) is 14.7. The molecule has 0 radical (unpaired) electrons. The lowest BCUT2D eigenvalue weighted by Crippen LogP contribution is -2.42. The van der Waals surface area contributed by atoms with Crippen LogP contribution in [0.25, 0.3) is 0 Å². The van der Waals surface area contributed by atoms with E-state index in [1.807, 2.05) is 36.4 Å². The predicted molar refractivity (Wildman–Crippen MR) is 118 cm³/mol. The fraction of sp³-hybridized carbons (Fsp3) is 0.440. The summed E-state index contributed by atoms with van der Waals surface area (Å²) in [5.74, 6) is 0.418. The molecule has 158 valence electrons. The maximum atomic E-state index is 12.7. The second-order valence-electron chi connectivity index (χ2n) is 8.47. The molecular weight excluding hydrogens is 374 g/mol. The highest BCUT2D eigenvalue weighted by Crippen LogP contribution is 2.24. The smallest absolute Gasteiger partial charge is 0.223 e. The van der Waals surface area contributed by atoms with Crippen LogP contribution in [0.1, 0.15) is 49.3 Å². The molecule has 2 amide bonds. The van der Waals surface area contributed by atoms with Crippen molar-refractivity contribution >= 4 is 11.8 Å². The molecule has 30 heavy (non-hydrogen) atoms. The zero-order valence-corrected chi connectivity index (χ0v) is 17.4. The summed E-state index contributed by atoms with van der Waals surface area (Å²) < 4.78 is 0. The van der Waals surface area contributed by atoms with Crippen LogP contribution in [0.3, 0.4) is 0 Å². The maximum Gasteiger partial charge on any atom is 0.223 e. The number of nitrogens with zero attached hydrogens (tertiary/aromatic N) is 1. The first kappa shape index (κ1) is 20.6.